The zero-order chi connectivity index (χ0) is 22.3. The maximum absolute atomic E-state index is 13.5. The van der Waals surface area contributed by atoms with Crippen molar-refractivity contribution in [1.82, 2.24) is 10.2 Å². The van der Waals surface area contributed by atoms with Crippen LogP contribution < -0.4 is 10.6 Å². The van der Waals surface area contributed by atoms with Crippen LogP contribution in [0.2, 0.25) is 0 Å². The number of alkyl halides is 3. The summed E-state index contributed by atoms with van der Waals surface area (Å²) in [5.41, 5.74) is -1.80. The van der Waals surface area contributed by atoms with E-state index in [1.54, 1.807) is 0 Å². The zero-order valence-corrected chi connectivity index (χ0v) is 17.3. The highest BCUT2D eigenvalue weighted by Crippen LogP contribution is 2.59. The highest BCUT2D eigenvalue weighted by atomic mass is 19.4. The fourth-order valence-corrected chi connectivity index (χ4v) is 4.14. The minimum absolute atomic E-state index is 0.0462. The fourth-order valence-electron chi connectivity index (χ4n) is 4.14. The van der Waals surface area contributed by atoms with Gasteiger partial charge in [0.25, 0.3) is 0 Å². The van der Waals surface area contributed by atoms with Crippen molar-refractivity contribution in [2.24, 2.45) is 11.3 Å². The second kappa shape index (κ2) is 7.83. The van der Waals surface area contributed by atoms with Crippen molar-refractivity contribution in [3.05, 3.63) is 29.6 Å². The second-order valence-electron chi connectivity index (χ2n) is 9.41. The lowest BCUT2D eigenvalue weighted by Crippen LogP contribution is -2.47. The summed E-state index contributed by atoms with van der Waals surface area (Å²) in [5, 5.41) is 5.36. The molecular weight excluding hydrogens is 402 g/mol. The number of hydrogen-bond acceptors (Lipinski definition) is 3. The molecule has 2 aliphatic rings. The van der Waals surface area contributed by atoms with Gasteiger partial charge < -0.3 is 10.6 Å². The average molecular weight is 429 g/mol. The largest absolute Gasteiger partial charge is 0.416 e. The Morgan fingerprint density at radius 3 is 2.33 bits per heavy atom. The molecule has 1 heterocycles. The van der Waals surface area contributed by atoms with E-state index < -0.39 is 17.6 Å². The van der Waals surface area contributed by atoms with Crippen LogP contribution in [-0.2, 0) is 15.8 Å². The van der Waals surface area contributed by atoms with E-state index in [0.717, 1.165) is 25.0 Å². The molecule has 2 fully saturated rings. The van der Waals surface area contributed by atoms with E-state index in [0.29, 0.717) is 32.1 Å². The van der Waals surface area contributed by atoms with E-state index >= 15 is 0 Å². The Kier molecular flexibility index (Phi) is 5.88. The van der Waals surface area contributed by atoms with Crippen LogP contribution in [0.1, 0.15) is 45.6 Å². The van der Waals surface area contributed by atoms with Crippen molar-refractivity contribution in [1.29, 1.82) is 0 Å². The van der Waals surface area contributed by atoms with E-state index in [1.165, 1.54) is 0 Å². The molecule has 0 radical (unpaired) electrons. The molecule has 0 unspecified atom stereocenters. The lowest BCUT2D eigenvalue weighted by molar-refractivity contribution is -0.137. The summed E-state index contributed by atoms with van der Waals surface area (Å²) in [6.45, 7) is 7.41. The Morgan fingerprint density at radius 2 is 1.77 bits per heavy atom. The molecule has 1 aliphatic heterocycles. The molecule has 1 saturated heterocycles. The molecule has 1 saturated carbocycles. The van der Waals surface area contributed by atoms with E-state index in [9.17, 15) is 27.2 Å². The van der Waals surface area contributed by atoms with Crippen LogP contribution in [0.25, 0.3) is 0 Å². The van der Waals surface area contributed by atoms with Crippen molar-refractivity contribution in [3.63, 3.8) is 0 Å². The Labute approximate surface area is 173 Å². The summed E-state index contributed by atoms with van der Waals surface area (Å²) < 4.78 is 52.1. The number of anilines is 1. The average Bonchev–Trinajstić information content (AvgIpc) is 3.28. The van der Waals surface area contributed by atoms with E-state index in [1.807, 2.05) is 25.7 Å². The smallest absolute Gasteiger partial charge is 0.350 e. The highest BCUT2D eigenvalue weighted by molar-refractivity contribution is 5.95. The number of amides is 2. The lowest BCUT2D eigenvalue weighted by Gasteiger charge is -2.33. The molecule has 2 amide bonds. The van der Waals surface area contributed by atoms with Crippen molar-refractivity contribution in [2.45, 2.75) is 51.7 Å². The van der Waals surface area contributed by atoms with Gasteiger partial charge in [0.2, 0.25) is 11.8 Å². The fraction of sp³-hybridized carbons (Fsp3) is 0.619. The molecule has 1 spiro atoms. The number of piperidine rings is 1. The van der Waals surface area contributed by atoms with E-state index in [4.69, 9.17) is 0 Å². The van der Waals surface area contributed by atoms with Crippen molar-refractivity contribution in [3.8, 4) is 0 Å². The van der Waals surface area contributed by atoms with Gasteiger partial charge >= 0.3 is 6.18 Å². The topological polar surface area (TPSA) is 61.4 Å². The van der Waals surface area contributed by atoms with Crippen LogP contribution in [0.4, 0.5) is 23.2 Å². The van der Waals surface area contributed by atoms with Gasteiger partial charge in [-0.1, -0.05) is 0 Å². The van der Waals surface area contributed by atoms with E-state index in [-0.39, 0.29) is 34.4 Å². The summed E-state index contributed by atoms with van der Waals surface area (Å²) in [5.74, 6) is -1.78. The molecule has 0 bridgehead atoms. The van der Waals surface area contributed by atoms with Gasteiger partial charge in [-0.3, -0.25) is 14.5 Å². The minimum Gasteiger partial charge on any atom is -0.350 e. The predicted molar refractivity (Wildman–Crippen MR) is 104 cm³/mol. The summed E-state index contributed by atoms with van der Waals surface area (Å²) in [7, 11) is 0. The maximum Gasteiger partial charge on any atom is 0.416 e. The molecule has 3 rings (SSSR count). The van der Waals surface area contributed by atoms with Gasteiger partial charge in [0.15, 0.2) is 0 Å². The molecule has 9 heteroatoms. The quantitative estimate of drug-likeness (QED) is 0.716. The summed E-state index contributed by atoms with van der Waals surface area (Å²) >= 11 is 0. The monoisotopic (exact) mass is 429 g/mol. The van der Waals surface area contributed by atoms with Crippen molar-refractivity contribution >= 4 is 17.5 Å². The third-order valence-electron chi connectivity index (χ3n) is 5.73. The van der Waals surface area contributed by atoms with Gasteiger partial charge in [-0.05, 0) is 76.7 Å². The van der Waals surface area contributed by atoms with Gasteiger partial charge in [-0.15, -0.1) is 0 Å². The summed E-state index contributed by atoms with van der Waals surface area (Å²) in [6.07, 6.45) is -2.55. The molecular formula is C21H27F4N3O2. The number of nitrogens with zero attached hydrogens (tertiary/aromatic N) is 1. The highest BCUT2D eigenvalue weighted by Gasteiger charge is 2.58. The standard InChI is InChI=1S/C21H27F4N3O2/c1-19(2,3)27-17(29)12-28-6-4-20(5-7-28)11-16(20)18(30)26-15-9-13(21(23,24)25)8-14(22)10-15/h8-10,16H,4-7,11-12H2,1-3H3,(H,26,30)(H,27,29)/t16-/m0/s1. The molecule has 1 aromatic rings. The molecule has 1 aromatic carbocycles. The third-order valence-corrected chi connectivity index (χ3v) is 5.73. The normalized spacial score (nSPS) is 21.4. The van der Waals surface area contributed by atoms with Crippen LogP contribution in [-0.4, -0.2) is 41.9 Å². The van der Waals surface area contributed by atoms with Crippen LogP contribution >= 0.6 is 0 Å². The Morgan fingerprint density at radius 1 is 1.13 bits per heavy atom. The number of halogens is 4. The minimum atomic E-state index is -4.69. The van der Waals surface area contributed by atoms with Gasteiger partial charge in [0, 0.05) is 17.1 Å². The summed E-state index contributed by atoms with van der Waals surface area (Å²) in [4.78, 5) is 26.7. The third kappa shape index (κ3) is 5.50. The first-order chi connectivity index (χ1) is 13.8. The van der Waals surface area contributed by atoms with Crippen LogP contribution in [0, 0.1) is 17.2 Å². The Balaban J connectivity index is 1.53. The van der Waals surface area contributed by atoms with Gasteiger partial charge in [0.1, 0.15) is 5.82 Å². The number of hydrogen-bond donors (Lipinski definition) is 2. The number of carbonyl (C=O) groups excluding carboxylic acids is 2. The molecule has 2 N–H and O–H groups in total. The predicted octanol–water partition coefficient (Wildman–Crippen LogP) is 3.80. The maximum atomic E-state index is 13.5. The molecule has 5 nitrogen and oxygen atoms in total. The SMILES string of the molecule is CC(C)(C)NC(=O)CN1CCC2(CC1)C[C@H]2C(=O)Nc1cc(F)cc(C(F)(F)F)c1. The first-order valence-corrected chi connectivity index (χ1v) is 9.99. The first-order valence-electron chi connectivity index (χ1n) is 9.99. The van der Waals surface area contributed by atoms with Crippen LogP contribution in [0.5, 0.6) is 0 Å². The molecule has 166 valence electrons. The molecule has 1 aliphatic carbocycles. The Hall–Kier alpha value is -2.16. The Bertz CT molecular complexity index is 825. The van der Waals surface area contributed by atoms with Crippen LogP contribution in [0.15, 0.2) is 18.2 Å². The number of likely N-dealkylation sites (tertiary alicyclic amines) is 1. The number of nitrogens with one attached hydrogen (secondary N) is 2. The van der Waals surface area contributed by atoms with Crippen LogP contribution in [0.3, 0.4) is 0 Å². The second-order valence-corrected chi connectivity index (χ2v) is 9.41. The lowest BCUT2D eigenvalue weighted by atomic mass is 9.90. The number of rotatable bonds is 4. The van der Waals surface area contributed by atoms with E-state index in [2.05, 4.69) is 10.6 Å². The number of carbonyl (C=O) groups is 2. The summed E-state index contributed by atoms with van der Waals surface area (Å²) in [6, 6.07) is 2.03. The van der Waals surface area contributed by atoms with Gasteiger partial charge in [-0.25, -0.2) is 4.39 Å². The zero-order valence-electron chi connectivity index (χ0n) is 17.3. The first kappa shape index (κ1) is 22.5. The van der Waals surface area contributed by atoms with Gasteiger partial charge in [0.05, 0.1) is 12.1 Å². The van der Waals surface area contributed by atoms with Crippen molar-refractivity contribution in [2.75, 3.05) is 25.0 Å². The molecule has 30 heavy (non-hydrogen) atoms. The molecule has 0 aromatic heterocycles. The van der Waals surface area contributed by atoms with Crippen molar-refractivity contribution < 1.29 is 27.2 Å². The number of benzene rings is 1. The van der Waals surface area contributed by atoms with Gasteiger partial charge in [-0.2, -0.15) is 13.2 Å². The molecule has 1 atom stereocenters.